The van der Waals surface area contributed by atoms with Gasteiger partial charge in [-0.15, -0.1) is 0 Å². The maximum Gasteiger partial charge on any atom is 0.330 e. The molecule has 0 radical (unpaired) electrons. The molecule has 11 heavy (non-hydrogen) atoms. The van der Waals surface area contributed by atoms with E-state index in [-0.39, 0.29) is 0 Å². The monoisotopic (exact) mass is 160 g/mol. The fourth-order valence-electron chi connectivity index (χ4n) is 0.123. The average Bonchev–Trinajstić information content (AvgIpc) is 1.85. The lowest BCUT2D eigenvalue weighted by molar-refractivity contribution is -0.134. The fraction of sp³-hybridized carbons (Fsp3) is 0.429. The van der Waals surface area contributed by atoms with Crippen LogP contribution in [0.4, 0.5) is 0 Å². The molecule has 0 saturated heterocycles. The second-order valence-electron chi connectivity index (χ2n) is 1.80. The third-order valence-corrected chi connectivity index (χ3v) is 0.770. The summed E-state index contributed by atoms with van der Waals surface area (Å²) in [7, 11) is 0. The summed E-state index contributed by atoms with van der Waals surface area (Å²) >= 11 is 0. The molecule has 0 bridgehead atoms. The molecule has 0 aliphatic rings. The van der Waals surface area contributed by atoms with Crippen molar-refractivity contribution in [3.05, 3.63) is 11.6 Å². The molecule has 0 atom stereocenters. The van der Waals surface area contributed by atoms with Gasteiger partial charge >= 0.3 is 5.97 Å². The number of hydrogen-bond acceptors (Lipinski definition) is 2. The first-order valence-electron chi connectivity index (χ1n) is 2.97. The molecule has 64 valence electrons. The van der Waals surface area contributed by atoms with Gasteiger partial charge in [0.1, 0.15) is 0 Å². The maximum atomic E-state index is 9.86. The number of carboxylic acids is 2. The van der Waals surface area contributed by atoms with Crippen LogP contribution in [0.1, 0.15) is 20.8 Å². The van der Waals surface area contributed by atoms with Gasteiger partial charge in [0.15, 0.2) is 0 Å². The van der Waals surface area contributed by atoms with Gasteiger partial charge in [-0.2, -0.15) is 0 Å². The number of hydrogen-bond donors (Lipinski definition) is 2. The molecule has 4 heteroatoms. The zero-order chi connectivity index (χ0) is 9.44. The summed E-state index contributed by atoms with van der Waals surface area (Å²) in [4.78, 5) is 18.9. The average molecular weight is 160 g/mol. The van der Waals surface area contributed by atoms with E-state index < -0.39 is 11.9 Å². The Morgan fingerprint density at radius 2 is 1.45 bits per heavy atom. The van der Waals surface area contributed by atoms with Gasteiger partial charge in [-0.1, -0.05) is 6.08 Å². The van der Waals surface area contributed by atoms with Crippen LogP contribution in [0.25, 0.3) is 0 Å². The molecule has 4 nitrogen and oxygen atoms in total. The van der Waals surface area contributed by atoms with Gasteiger partial charge < -0.3 is 10.2 Å². The molecule has 0 rings (SSSR count). The number of carboxylic acid groups (broad SMARTS) is 2. The van der Waals surface area contributed by atoms with Crippen LogP contribution in [0.15, 0.2) is 11.6 Å². The molecule has 0 saturated carbocycles. The van der Waals surface area contributed by atoms with E-state index in [9.17, 15) is 4.79 Å². The standard InChI is InChI=1S/C5H8O2.C2H4O2/c1-3-4(2)5(6)7;1-2(3)4/h3H,1-2H3,(H,6,7);1H3,(H,3,4). The lowest BCUT2D eigenvalue weighted by atomic mass is 10.3. The first-order valence-corrected chi connectivity index (χ1v) is 2.97. The Morgan fingerprint density at radius 3 is 1.45 bits per heavy atom. The molecule has 0 amide bonds. The Hall–Kier alpha value is -1.32. The Labute approximate surface area is 65.2 Å². The summed E-state index contributed by atoms with van der Waals surface area (Å²) in [5.41, 5.74) is 0.389. The van der Waals surface area contributed by atoms with Crippen molar-refractivity contribution in [1.29, 1.82) is 0 Å². The van der Waals surface area contributed by atoms with Crippen LogP contribution in [0.2, 0.25) is 0 Å². The SMILES string of the molecule is CC(=O)O.CC=C(C)C(=O)O. The van der Waals surface area contributed by atoms with Crippen LogP contribution >= 0.6 is 0 Å². The van der Waals surface area contributed by atoms with Gasteiger partial charge in [-0.25, -0.2) is 4.79 Å². The molecule has 0 aliphatic heterocycles. The van der Waals surface area contributed by atoms with E-state index in [1.165, 1.54) is 0 Å². The molecule has 0 unspecified atom stereocenters. The lowest BCUT2D eigenvalue weighted by Crippen LogP contribution is -1.93. The number of aliphatic carboxylic acids is 2. The highest BCUT2D eigenvalue weighted by molar-refractivity contribution is 5.85. The van der Waals surface area contributed by atoms with E-state index in [2.05, 4.69) is 0 Å². The molecule has 0 aromatic heterocycles. The second-order valence-corrected chi connectivity index (χ2v) is 1.80. The minimum absolute atomic E-state index is 0.389. The van der Waals surface area contributed by atoms with E-state index in [0.717, 1.165) is 6.92 Å². The number of carbonyl (C=O) groups is 2. The highest BCUT2D eigenvalue weighted by atomic mass is 16.4. The predicted molar refractivity (Wildman–Crippen MR) is 40.4 cm³/mol. The first kappa shape index (κ1) is 12.4. The summed E-state index contributed by atoms with van der Waals surface area (Å²) in [6, 6.07) is 0. The van der Waals surface area contributed by atoms with Gasteiger partial charge in [-0.05, 0) is 13.8 Å². The molecule has 0 fully saturated rings. The molecule has 0 heterocycles. The van der Waals surface area contributed by atoms with Crippen LogP contribution < -0.4 is 0 Å². The normalized spacial score (nSPS) is 9.55. The highest BCUT2D eigenvalue weighted by Gasteiger charge is 1.93. The minimum Gasteiger partial charge on any atom is -0.481 e. The van der Waals surface area contributed by atoms with Crippen LogP contribution in [-0.4, -0.2) is 22.2 Å². The second kappa shape index (κ2) is 6.80. The number of rotatable bonds is 1. The Bertz CT molecular complexity index is 165. The Morgan fingerprint density at radius 1 is 1.18 bits per heavy atom. The smallest absolute Gasteiger partial charge is 0.330 e. The Kier molecular flexibility index (Phi) is 7.64. The Balaban J connectivity index is 0. The largest absolute Gasteiger partial charge is 0.481 e. The van der Waals surface area contributed by atoms with E-state index in [4.69, 9.17) is 15.0 Å². The summed E-state index contributed by atoms with van der Waals surface area (Å²) in [5, 5.41) is 15.5. The summed E-state index contributed by atoms with van der Waals surface area (Å²) in [6.07, 6.45) is 1.56. The van der Waals surface area contributed by atoms with Crippen molar-refractivity contribution in [3.63, 3.8) is 0 Å². The molecular formula is C7H12O4. The zero-order valence-corrected chi connectivity index (χ0v) is 6.79. The van der Waals surface area contributed by atoms with Gasteiger partial charge in [0.25, 0.3) is 5.97 Å². The third kappa shape index (κ3) is 17.7. The van der Waals surface area contributed by atoms with Crippen molar-refractivity contribution < 1.29 is 19.8 Å². The summed E-state index contributed by atoms with van der Waals surface area (Å²) in [5.74, 6) is -1.68. The van der Waals surface area contributed by atoms with Crippen LogP contribution in [-0.2, 0) is 9.59 Å². The van der Waals surface area contributed by atoms with Crippen molar-refractivity contribution in [1.82, 2.24) is 0 Å². The van der Waals surface area contributed by atoms with Crippen LogP contribution in [0.5, 0.6) is 0 Å². The highest BCUT2D eigenvalue weighted by Crippen LogP contribution is 1.87. The quantitative estimate of drug-likeness (QED) is 0.564. The summed E-state index contributed by atoms with van der Waals surface area (Å²) in [6.45, 7) is 4.34. The molecular weight excluding hydrogens is 148 g/mol. The van der Waals surface area contributed by atoms with Crippen LogP contribution in [0, 0.1) is 0 Å². The minimum atomic E-state index is -0.845. The van der Waals surface area contributed by atoms with Crippen LogP contribution in [0.3, 0.4) is 0 Å². The number of allylic oxidation sites excluding steroid dienone is 1. The molecule has 0 aliphatic carbocycles. The topological polar surface area (TPSA) is 74.6 Å². The van der Waals surface area contributed by atoms with Crippen molar-refractivity contribution >= 4 is 11.9 Å². The fourth-order valence-corrected chi connectivity index (χ4v) is 0.123. The maximum absolute atomic E-state index is 9.86. The van der Waals surface area contributed by atoms with Gasteiger partial charge in [0.05, 0.1) is 0 Å². The zero-order valence-electron chi connectivity index (χ0n) is 6.79. The van der Waals surface area contributed by atoms with Gasteiger partial charge in [-0.3, -0.25) is 4.79 Å². The van der Waals surface area contributed by atoms with Gasteiger partial charge in [0, 0.05) is 12.5 Å². The molecule has 0 spiro atoms. The molecule has 0 aromatic carbocycles. The summed E-state index contributed by atoms with van der Waals surface area (Å²) < 4.78 is 0. The van der Waals surface area contributed by atoms with Crippen molar-refractivity contribution in [3.8, 4) is 0 Å². The van der Waals surface area contributed by atoms with Crippen molar-refractivity contribution in [2.45, 2.75) is 20.8 Å². The van der Waals surface area contributed by atoms with Crippen molar-refractivity contribution in [2.24, 2.45) is 0 Å². The van der Waals surface area contributed by atoms with Crippen molar-refractivity contribution in [2.75, 3.05) is 0 Å². The van der Waals surface area contributed by atoms with E-state index in [0.29, 0.717) is 5.57 Å². The first-order chi connectivity index (χ1) is 4.91. The van der Waals surface area contributed by atoms with Gasteiger partial charge in [0.2, 0.25) is 0 Å². The molecule has 2 N–H and O–H groups in total. The van der Waals surface area contributed by atoms with E-state index >= 15 is 0 Å². The van der Waals surface area contributed by atoms with E-state index in [1.807, 2.05) is 0 Å². The molecule has 0 aromatic rings. The predicted octanol–water partition coefficient (Wildman–Crippen LogP) is 1.13. The lowest BCUT2D eigenvalue weighted by Gasteiger charge is -1.84. The third-order valence-electron chi connectivity index (χ3n) is 0.770. The van der Waals surface area contributed by atoms with E-state index in [1.54, 1.807) is 19.9 Å².